The number of allylic oxidation sites excluding steroid dienone is 1. The van der Waals surface area contributed by atoms with E-state index in [9.17, 15) is 0 Å². The van der Waals surface area contributed by atoms with Gasteiger partial charge in [-0.25, -0.2) is 0 Å². The smallest absolute Gasteiger partial charge is 0.148 e. The molecule has 1 atom stereocenters. The Hall–Kier alpha value is -0.500. The van der Waals surface area contributed by atoms with Gasteiger partial charge in [0.05, 0.1) is 0 Å². The van der Waals surface area contributed by atoms with Crippen molar-refractivity contribution in [2.75, 3.05) is 0 Å². The second kappa shape index (κ2) is 4.39. The van der Waals surface area contributed by atoms with Gasteiger partial charge in [-0.1, -0.05) is 29.8 Å². The van der Waals surface area contributed by atoms with Crippen LogP contribution in [0.2, 0.25) is 0 Å². The van der Waals surface area contributed by atoms with Crippen molar-refractivity contribution in [1.29, 1.82) is 0 Å². The van der Waals surface area contributed by atoms with Gasteiger partial charge in [-0.2, -0.15) is 0 Å². The summed E-state index contributed by atoms with van der Waals surface area (Å²) in [7, 11) is 0. The minimum atomic E-state index is 0.0779. The zero-order valence-electron chi connectivity index (χ0n) is 5.34. The van der Waals surface area contributed by atoms with Crippen molar-refractivity contribution >= 4 is 16.8 Å². The van der Waals surface area contributed by atoms with Crippen LogP contribution in [0.15, 0.2) is 17.8 Å². The zero-order chi connectivity index (χ0) is 7.28. The van der Waals surface area contributed by atoms with Crippen LogP contribution in [0.25, 0.3) is 0 Å². The lowest BCUT2D eigenvalue weighted by atomic mass is 10.1. The highest BCUT2D eigenvalue weighted by Crippen LogP contribution is 2.07. The molecule has 0 heterocycles. The third-order valence-corrected chi connectivity index (χ3v) is 1.47. The van der Waals surface area contributed by atoms with E-state index in [1.165, 1.54) is 0 Å². The molecule has 9 heavy (non-hydrogen) atoms. The molecule has 0 rings (SSSR count). The number of hydrogen-bond acceptors (Lipinski definition) is 2. The van der Waals surface area contributed by atoms with E-state index in [1.54, 1.807) is 6.08 Å². The van der Waals surface area contributed by atoms with Crippen LogP contribution in [0.1, 0.15) is 13.3 Å². The Morgan fingerprint density at radius 2 is 2.56 bits per heavy atom. The van der Waals surface area contributed by atoms with E-state index < -0.39 is 0 Å². The van der Waals surface area contributed by atoms with Gasteiger partial charge in [0.15, 0.2) is 0 Å². The first-order valence-corrected chi connectivity index (χ1v) is 3.08. The highest BCUT2D eigenvalue weighted by atomic mass is 35.5. The van der Waals surface area contributed by atoms with E-state index in [-0.39, 0.29) is 11.1 Å². The largest absolute Gasteiger partial charge is 0.410 e. The molecule has 0 bridgehead atoms. The average molecular weight is 148 g/mol. The average Bonchev–Trinajstić information content (AvgIpc) is 1.87. The standard InChI is InChI=1S/C6H10ClNO/c1-3-4-5(2)6(7)8-9/h3,5,9H,1,4H2,2H3/b8-6-. The maximum absolute atomic E-state index is 8.15. The lowest BCUT2D eigenvalue weighted by molar-refractivity contribution is 0.317. The summed E-state index contributed by atoms with van der Waals surface area (Å²) in [4.78, 5) is 0. The van der Waals surface area contributed by atoms with E-state index >= 15 is 0 Å². The molecule has 0 aliphatic rings. The fourth-order valence-electron chi connectivity index (χ4n) is 0.446. The molecule has 0 saturated heterocycles. The molecule has 3 heteroatoms. The molecule has 52 valence electrons. The van der Waals surface area contributed by atoms with Gasteiger partial charge in [0.2, 0.25) is 0 Å². The fraction of sp³-hybridized carbons (Fsp3) is 0.500. The summed E-state index contributed by atoms with van der Waals surface area (Å²) >= 11 is 5.45. The lowest BCUT2D eigenvalue weighted by Gasteiger charge is -2.01. The molecule has 0 spiro atoms. The number of nitrogens with zero attached hydrogens (tertiary/aromatic N) is 1. The van der Waals surface area contributed by atoms with Gasteiger partial charge < -0.3 is 5.21 Å². The van der Waals surface area contributed by atoms with Crippen LogP contribution < -0.4 is 0 Å². The molecule has 0 saturated carbocycles. The topological polar surface area (TPSA) is 32.6 Å². The van der Waals surface area contributed by atoms with Crippen molar-refractivity contribution in [2.24, 2.45) is 11.1 Å². The molecule has 0 aromatic heterocycles. The third-order valence-electron chi connectivity index (χ3n) is 1.02. The molecular weight excluding hydrogens is 138 g/mol. The van der Waals surface area contributed by atoms with E-state index in [2.05, 4.69) is 11.7 Å². The van der Waals surface area contributed by atoms with E-state index in [0.717, 1.165) is 6.42 Å². The van der Waals surface area contributed by atoms with E-state index in [0.29, 0.717) is 0 Å². The van der Waals surface area contributed by atoms with E-state index in [1.807, 2.05) is 6.92 Å². The Morgan fingerprint density at radius 1 is 2.00 bits per heavy atom. The van der Waals surface area contributed by atoms with Gasteiger partial charge in [-0.05, 0) is 6.42 Å². The van der Waals surface area contributed by atoms with Crippen LogP contribution >= 0.6 is 11.6 Å². The Labute approximate surface area is 59.8 Å². The van der Waals surface area contributed by atoms with Gasteiger partial charge in [-0.15, -0.1) is 6.58 Å². The van der Waals surface area contributed by atoms with Crippen molar-refractivity contribution in [3.05, 3.63) is 12.7 Å². The van der Waals surface area contributed by atoms with E-state index in [4.69, 9.17) is 16.8 Å². The van der Waals surface area contributed by atoms with Crippen LogP contribution in [-0.2, 0) is 0 Å². The zero-order valence-corrected chi connectivity index (χ0v) is 6.10. The molecule has 2 nitrogen and oxygen atoms in total. The van der Waals surface area contributed by atoms with Crippen LogP contribution in [0, 0.1) is 5.92 Å². The summed E-state index contributed by atoms with van der Waals surface area (Å²) in [5.41, 5.74) is 0. The Morgan fingerprint density at radius 3 is 2.89 bits per heavy atom. The number of rotatable bonds is 3. The summed E-state index contributed by atoms with van der Waals surface area (Å²) in [5.74, 6) is 0.0779. The molecule has 1 N–H and O–H groups in total. The van der Waals surface area contributed by atoms with Crippen molar-refractivity contribution in [3.63, 3.8) is 0 Å². The van der Waals surface area contributed by atoms with Gasteiger partial charge in [0.1, 0.15) is 5.17 Å². The first-order valence-electron chi connectivity index (χ1n) is 2.70. The minimum Gasteiger partial charge on any atom is -0.410 e. The van der Waals surface area contributed by atoms with Crippen LogP contribution in [0.4, 0.5) is 0 Å². The van der Waals surface area contributed by atoms with Gasteiger partial charge >= 0.3 is 0 Å². The maximum atomic E-state index is 8.15. The first kappa shape index (κ1) is 8.50. The summed E-state index contributed by atoms with van der Waals surface area (Å²) in [6.45, 7) is 5.39. The second-order valence-electron chi connectivity index (χ2n) is 1.85. The van der Waals surface area contributed by atoms with Gasteiger partial charge in [0, 0.05) is 5.92 Å². The SMILES string of the molecule is C=CCC(C)/C(Cl)=N/O. The molecule has 1 unspecified atom stereocenters. The number of hydrogen-bond donors (Lipinski definition) is 1. The van der Waals surface area contributed by atoms with Crippen molar-refractivity contribution in [3.8, 4) is 0 Å². The van der Waals surface area contributed by atoms with Crippen molar-refractivity contribution in [2.45, 2.75) is 13.3 Å². The number of oxime groups is 1. The maximum Gasteiger partial charge on any atom is 0.148 e. The van der Waals surface area contributed by atoms with Crippen LogP contribution in [-0.4, -0.2) is 10.4 Å². The second-order valence-corrected chi connectivity index (χ2v) is 2.24. The minimum absolute atomic E-state index is 0.0779. The quantitative estimate of drug-likeness (QED) is 0.282. The summed E-state index contributed by atoms with van der Waals surface area (Å²) < 4.78 is 0. The number of halogens is 1. The predicted octanol–water partition coefficient (Wildman–Crippen LogP) is 2.23. The molecule has 0 amide bonds. The third kappa shape index (κ3) is 3.14. The van der Waals surface area contributed by atoms with Gasteiger partial charge in [0.25, 0.3) is 0 Å². The molecular formula is C6H10ClNO. The molecule has 0 aliphatic carbocycles. The normalized spacial score (nSPS) is 15.1. The first-order chi connectivity index (χ1) is 4.22. The summed E-state index contributed by atoms with van der Waals surface area (Å²) in [6, 6.07) is 0. The highest BCUT2D eigenvalue weighted by molar-refractivity contribution is 6.65. The van der Waals surface area contributed by atoms with Crippen LogP contribution in [0.5, 0.6) is 0 Å². The Balaban J connectivity index is 3.72. The Kier molecular flexibility index (Phi) is 4.14. The highest BCUT2D eigenvalue weighted by Gasteiger charge is 2.04. The monoisotopic (exact) mass is 147 g/mol. The lowest BCUT2D eigenvalue weighted by Crippen LogP contribution is -2.01. The molecule has 0 fully saturated rings. The predicted molar refractivity (Wildman–Crippen MR) is 39.1 cm³/mol. The summed E-state index contributed by atoms with van der Waals surface area (Å²) in [5, 5.41) is 11.2. The van der Waals surface area contributed by atoms with Crippen molar-refractivity contribution in [1.82, 2.24) is 0 Å². The molecule has 0 aromatic carbocycles. The Bertz CT molecular complexity index is 122. The molecule has 0 aromatic rings. The van der Waals surface area contributed by atoms with Crippen LogP contribution in [0.3, 0.4) is 0 Å². The van der Waals surface area contributed by atoms with Gasteiger partial charge in [-0.3, -0.25) is 0 Å². The molecule has 0 aliphatic heterocycles. The fourth-order valence-corrected chi connectivity index (χ4v) is 0.535. The van der Waals surface area contributed by atoms with Crippen molar-refractivity contribution < 1.29 is 5.21 Å². The molecule has 0 radical (unpaired) electrons. The summed E-state index contributed by atoms with van der Waals surface area (Å²) in [6.07, 6.45) is 2.47.